The minimum atomic E-state index is -0.0262. The van der Waals surface area contributed by atoms with E-state index in [-0.39, 0.29) is 36.9 Å². The van der Waals surface area contributed by atoms with Gasteiger partial charge in [-0.3, -0.25) is 19.4 Å². The average molecular weight is 1390 g/mol. The number of methoxy groups -OCH3 is 2. The minimum absolute atomic E-state index is 0.0262. The number of aliphatic hydroxyl groups is 2. The largest absolute Gasteiger partial charge is 0.494 e. The average Bonchev–Trinajstić information content (AvgIpc) is 1.75. The first kappa shape index (κ1) is 70.6. The van der Waals surface area contributed by atoms with Crippen molar-refractivity contribution in [3.63, 3.8) is 0 Å². The van der Waals surface area contributed by atoms with Crippen LogP contribution in [0.3, 0.4) is 0 Å². The first-order valence-electron chi connectivity index (χ1n) is 36.3. The summed E-state index contributed by atoms with van der Waals surface area (Å²) in [5, 5.41) is 34.1. The number of hydrogen-bond acceptors (Lipinski definition) is 20. The smallest absolute Gasteiger partial charge is 0.227 e. The van der Waals surface area contributed by atoms with Gasteiger partial charge in [-0.15, -0.1) is 0 Å². The Balaban J connectivity index is 0.000000182. The molecule has 0 bridgehead atoms. The van der Waals surface area contributed by atoms with Crippen molar-refractivity contribution in [1.82, 2.24) is 49.7 Å². The molecular weight excluding hydrogens is 1290 g/mol. The monoisotopic (exact) mass is 1380 g/mol. The number of imidazole rings is 2. The van der Waals surface area contributed by atoms with E-state index in [1.165, 1.54) is 51.4 Å². The molecule has 2 aliphatic carbocycles. The van der Waals surface area contributed by atoms with Crippen molar-refractivity contribution in [3.05, 3.63) is 121 Å². The van der Waals surface area contributed by atoms with Gasteiger partial charge in [0.05, 0.1) is 95.0 Å². The number of rotatable bonds is 26. The molecule has 4 aromatic carbocycles. The lowest BCUT2D eigenvalue weighted by Gasteiger charge is -2.40. The molecule has 0 unspecified atom stereocenters. The Bertz CT molecular complexity index is 4190. The SMILES string of the molecule is COc1cc(N2CCN(C3CCCC3)CC2)c(NC(=O)CC(C)C)cc1Nc1nccc(-c2[nH]c(CCCO)nc2-c2ccc3ccoc3c2)n1.COc1cc(N2CCN(C3CCCC3)CC2)c(NC(=O)CC(C)C)cc1Nc1nccc(-c2[nH]c(CCCO)nc2-c2ccc3ccoc3c2)n1. The van der Waals surface area contributed by atoms with Gasteiger partial charge in [0.15, 0.2) is 0 Å². The van der Waals surface area contributed by atoms with E-state index in [0.717, 1.165) is 143 Å². The van der Waals surface area contributed by atoms with Crippen molar-refractivity contribution in [2.75, 3.05) is 111 Å². The number of aliphatic hydroxyl groups excluding tert-OH is 2. The molecule has 4 aliphatic rings. The van der Waals surface area contributed by atoms with Gasteiger partial charge in [0.1, 0.15) is 34.3 Å². The molecule has 24 heteroatoms. The van der Waals surface area contributed by atoms with Crippen molar-refractivity contribution in [1.29, 1.82) is 0 Å². The second-order valence-corrected chi connectivity index (χ2v) is 28.0. The maximum Gasteiger partial charge on any atom is 0.227 e. The maximum atomic E-state index is 13.1. The molecule has 8 heterocycles. The van der Waals surface area contributed by atoms with E-state index in [1.807, 2.05) is 113 Å². The van der Waals surface area contributed by atoms with E-state index in [9.17, 15) is 19.8 Å². The number of piperazine rings is 2. The van der Waals surface area contributed by atoms with Crippen LogP contribution in [0.25, 0.3) is 67.2 Å². The van der Waals surface area contributed by atoms with E-state index in [1.54, 1.807) is 39.1 Å². The number of fused-ring (bicyclic) bond motifs is 2. The summed E-state index contributed by atoms with van der Waals surface area (Å²) in [5.74, 6) is 3.89. The second-order valence-electron chi connectivity index (χ2n) is 28.0. The Morgan fingerprint density at radius 1 is 0.529 bits per heavy atom. The Labute approximate surface area is 595 Å². The molecule has 4 fully saturated rings. The number of furan rings is 2. The van der Waals surface area contributed by atoms with Crippen LogP contribution in [-0.4, -0.2) is 164 Å². The highest BCUT2D eigenvalue weighted by Crippen LogP contribution is 2.43. The summed E-state index contributed by atoms with van der Waals surface area (Å²) in [6, 6.07) is 28.8. The zero-order valence-electron chi connectivity index (χ0n) is 59.5. The zero-order chi connectivity index (χ0) is 70.6. The summed E-state index contributed by atoms with van der Waals surface area (Å²) < 4.78 is 23.2. The second kappa shape index (κ2) is 32.8. The number of hydrogen-bond donors (Lipinski definition) is 8. The van der Waals surface area contributed by atoms with Crippen molar-refractivity contribution in [3.8, 4) is 56.8 Å². The van der Waals surface area contributed by atoms with Gasteiger partial charge >= 0.3 is 0 Å². The number of anilines is 8. The first-order chi connectivity index (χ1) is 49.8. The molecule has 0 spiro atoms. The standard InChI is InChI=1S/2C39H48N8O4/c2*1-25(2)21-36(49)41-30-23-31(34(50-3)24-32(30)47-17-15-46(16-18-47)28-7-4-5-8-28)43-39-40-14-12-29(42-39)38-37(44-35(45-38)9-6-19-48)27-11-10-26-13-20-51-33(26)22-27/h2*10-14,20,22-25,28,48H,4-9,15-19,21H2,1-3H3,(H,41,49)(H,44,45)(H,40,42,43). The number of aromatic amines is 2. The predicted octanol–water partition coefficient (Wildman–Crippen LogP) is 14.0. The predicted molar refractivity (Wildman–Crippen MR) is 401 cm³/mol. The highest BCUT2D eigenvalue weighted by Gasteiger charge is 2.31. The maximum absolute atomic E-state index is 13.1. The van der Waals surface area contributed by atoms with Gasteiger partial charge in [0.25, 0.3) is 0 Å². The Morgan fingerprint density at radius 2 is 0.941 bits per heavy atom. The van der Waals surface area contributed by atoms with Crippen molar-refractivity contribution in [2.24, 2.45) is 11.8 Å². The van der Waals surface area contributed by atoms with Crippen LogP contribution in [0.1, 0.15) is 116 Å². The summed E-state index contributed by atoms with van der Waals surface area (Å²) in [4.78, 5) is 71.9. The van der Waals surface area contributed by atoms with Crippen LogP contribution in [0.5, 0.6) is 11.5 Å². The Morgan fingerprint density at radius 3 is 1.32 bits per heavy atom. The van der Waals surface area contributed by atoms with Gasteiger partial charge < -0.3 is 69.6 Å². The summed E-state index contributed by atoms with van der Waals surface area (Å²) in [7, 11) is 3.30. The molecule has 536 valence electrons. The summed E-state index contributed by atoms with van der Waals surface area (Å²) in [6.45, 7) is 15.8. The van der Waals surface area contributed by atoms with E-state index < -0.39 is 0 Å². The number of H-pyrrole nitrogens is 2. The molecule has 2 saturated heterocycles. The summed E-state index contributed by atoms with van der Waals surface area (Å²) >= 11 is 0. The van der Waals surface area contributed by atoms with Crippen LogP contribution < -0.4 is 40.5 Å². The molecule has 2 aliphatic heterocycles. The van der Waals surface area contributed by atoms with Gasteiger partial charge in [-0.05, 0) is 98.9 Å². The molecule has 2 amide bonds. The molecule has 6 aromatic heterocycles. The molecule has 0 atom stereocenters. The molecule has 8 N–H and O–H groups in total. The van der Waals surface area contributed by atoms with Crippen molar-refractivity contribution >= 4 is 79.8 Å². The fraction of sp³-hybridized carbons (Fsp3) is 0.436. The Hall–Kier alpha value is -9.88. The lowest BCUT2D eigenvalue weighted by molar-refractivity contribution is -0.117. The normalized spacial score (nSPS) is 15.6. The number of benzene rings is 4. The molecule has 10 aromatic rings. The number of nitrogens with one attached hydrogen (secondary N) is 6. The minimum Gasteiger partial charge on any atom is -0.494 e. The van der Waals surface area contributed by atoms with Crippen LogP contribution >= 0.6 is 0 Å². The number of nitrogens with zero attached hydrogens (tertiary/aromatic N) is 10. The molecule has 102 heavy (non-hydrogen) atoms. The fourth-order valence-corrected chi connectivity index (χ4v) is 14.7. The summed E-state index contributed by atoms with van der Waals surface area (Å²) in [5.41, 5.74) is 12.2. The molecule has 0 radical (unpaired) electrons. The lowest BCUT2D eigenvalue weighted by atomic mass is 10.1. The van der Waals surface area contributed by atoms with Gasteiger partial charge in [-0.25, -0.2) is 29.9 Å². The van der Waals surface area contributed by atoms with Gasteiger partial charge in [0.2, 0.25) is 23.7 Å². The van der Waals surface area contributed by atoms with Crippen LogP contribution in [0.15, 0.2) is 119 Å². The molecular formula is C78H96N16O8. The number of carbonyl (C=O) groups is 2. The van der Waals surface area contributed by atoms with Crippen LogP contribution in [0.2, 0.25) is 0 Å². The molecule has 2 saturated carbocycles. The van der Waals surface area contributed by atoms with Gasteiger partial charge in [-0.1, -0.05) is 77.6 Å². The highest BCUT2D eigenvalue weighted by atomic mass is 16.5. The molecule has 24 nitrogen and oxygen atoms in total. The summed E-state index contributed by atoms with van der Waals surface area (Å²) in [6.07, 6.45) is 20.4. The van der Waals surface area contributed by atoms with E-state index in [0.29, 0.717) is 96.8 Å². The topological polar surface area (TPSA) is 289 Å². The fourth-order valence-electron chi connectivity index (χ4n) is 14.7. The zero-order valence-corrected chi connectivity index (χ0v) is 59.5. The van der Waals surface area contributed by atoms with E-state index >= 15 is 0 Å². The number of aromatic nitrogens is 8. The van der Waals surface area contributed by atoms with Crippen molar-refractivity contribution in [2.45, 2.75) is 130 Å². The number of ether oxygens (including phenoxy) is 2. The van der Waals surface area contributed by atoms with E-state index in [4.69, 9.17) is 38.2 Å². The first-order valence-corrected chi connectivity index (χ1v) is 36.3. The number of amides is 2. The van der Waals surface area contributed by atoms with Gasteiger partial charge in [0, 0.05) is 150 Å². The third-order valence-electron chi connectivity index (χ3n) is 19.8. The van der Waals surface area contributed by atoms with Crippen LogP contribution in [0.4, 0.5) is 46.0 Å². The van der Waals surface area contributed by atoms with Crippen LogP contribution in [0, 0.1) is 11.8 Å². The third-order valence-corrected chi connectivity index (χ3v) is 19.8. The van der Waals surface area contributed by atoms with Crippen LogP contribution in [-0.2, 0) is 22.4 Å². The number of aryl methyl sites for hydroxylation is 2. The van der Waals surface area contributed by atoms with Crippen molar-refractivity contribution < 1.29 is 38.1 Å². The van der Waals surface area contributed by atoms with Gasteiger partial charge in [-0.2, -0.15) is 0 Å². The third kappa shape index (κ3) is 16.8. The highest BCUT2D eigenvalue weighted by molar-refractivity contribution is 5.98. The number of carbonyl (C=O) groups excluding carboxylic acids is 2. The Kier molecular flexibility index (Phi) is 22.7. The van der Waals surface area contributed by atoms with E-state index in [2.05, 4.69) is 60.8 Å². The molecule has 14 rings (SSSR count). The lowest BCUT2D eigenvalue weighted by Crippen LogP contribution is -2.49. The quantitative estimate of drug-likeness (QED) is 0.0250.